The van der Waals surface area contributed by atoms with E-state index >= 15 is 0 Å². The normalized spacial score (nSPS) is 11.3. The van der Waals surface area contributed by atoms with E-state index in [9.17, 15) is 8.42 Å². The van der Waals surface area contributed by atoms with Crippen molar-refractivity contribution < 1.29 is 13.2 Å². The molecule has 0 spiro atoms. The topological polar surface area (TPSA) is 67.4 Å². The molecule has 112 valence electrons. The number of hydrogen-bond donors (Lipinski definition) is 2. The van der Waals surface area contributed by atoms with E-state index in [4.69, 9.17) is 4.74 Å². The second-order valence-corrected chi connectivity index (χ2v) is 7.19. The van der Waals surface area contributed by atoms with Gasteiger partial charge in [-0.3, -0.25) is 0 Å². The maximum Gasteiger partial charge on any atom is 0.250 e. The highest BCUT2D eigenvalue weighted by Gasteiger charge is 2.18. The summed E-state index contributed by atoms with van der Waals surface area (Å²) in [7, 11) is -1.73. The van der Waals surface area contributed by atoms with E-state index < -0.39 is 10.0 Å². The first-order chi connectivity index (χ1) is 8.47. The number of halogens is 1. The first-order valence-electron chi connectivity index (χ1n) is 5.73. The van der Waals surface area contributed by atoms with Crippen molar-refractivity contribution in [3.05, 3.63) is 16.5 Å². The van der Waals surface area contributed by atoms with Gasteiger partial charge in [-0.15, -0.1) is 23.7 Å². The Morgan fingerprint density at radius 1 is 1.26 bits per heavy atom. The first-order valence-corrected chi connectivity index (χ1v) is 8.03. The summed E-state index contributed by atoms with van der Waals surface area (Å²) in [5.41, 5.74) is 0.803. The monoisotopic (exact) mass is 328 g/mol. The molecule has 1 heterocycles. The summed E-state index contributed by atoms with van der Waals surface area (Å²) >= 11 is 1.30. The molecule has 5 nitrogen and oxygen atoms in total. The minimum absolute atomic E-state index is 0. The molecule has 0 radical (unpaired) electrons. The number of aryl methyl sites for hydroxylation is 2. The van der Waals surface area contributed by atoms with Crippen LogP contribution < -0.4 is 10.0 Å². The largest absolute Gasteiger partial charge is 0.383 e. The number of thiophene rings is 1. The maximum absolute atomic E-state index is 12.0. The van der Waals surface area contributed by atoms with Crippen LogP contribution in [0.25, 0.3) is 0 Å². The number of nitrogens with one attached hydrogen (secondary N) is 2. The lowest BCUT2D eigenvalue weighted by molar-refractivity contribution is 0.199. The lowest BCUT2D eigenvalue weighted by Gasteiger charge is -2.07. The molecule has 0 fully saturated rings. The predicted molar refractivity (Wildman–Crippen MR) is 81.0 cm³/mol. The van der Waals surface area contributed by atoms with Crippen LogP contribution in [0.1, 0.15) is 10.4 Å². The molecule has 1 rings (SSSR count). The van der Waals surface area contributed by atoms with Gasteiger partial charge in [-0.05, 0) is 25.5 Å². The summed E-state index contributed by atoms with van der Waals surface area (Å²) in [6, 6.07) is 1.88. The fourth-order valence-corrected chi connectivity index (χ4v) is 4.27. The van der Waals surface area contributed by atoms with E-state index in [-0.39, 0.29) is 12.4 Å². The summed E-state index contributed by atoms with van der Waals surface area (Å²) < 4.78 is 31.9. The van der Waals surface area contributed by atoms with E-state index in [0.29, 0.717) is 23.9 Å². The van der Waals surface area contributed by atoms with E-state index in [1.165, 1.54) is 11.3 Å². The fraction of sp³-hybridized carbons (Fsp3) is 0.636. The standard InChI is InChI=1S/C11H20N2O3S2.ClH/c1-9-8-10(2)17-11(9)18(14,15)13-5-4-12-6-7-16-3;/h8,12-13H,4-7H2,1-3H3;1H. The van der Waals surface area contributed by atoms with Crippen LogP contribution in [0, 0.1) is 13.8 Å². The van der Waals surface area contributed by atoms with E-state index in [1.807, 2.05) is 19.9 Å². The van der Waals surface area contributed by atoms with Crippen molar-refractivity contribution in [2.45, 2.75) is 18.1 Å². The second kappa shape index (κ2) is 8.89. The van der Waals surface area contributed by atoms with Crippen molar-refractivity contribution >= 4 is 33.8 Å². The molecular formula is C11H21ClN2O3S2. The Morgan fingerprint density at radius 3 is 2.47 bits per heavy atom. The number of hydrogen-bond acceptors (Lipinski definition) is 5. The Hall–Kier alpha value is -0.180. The molecule has 0 aliphatic carbocycles. The number of rotatable bonds is 8. The highest BCUT2D eigenvalue weighted by atomic mass is 35.5. The summed E-state index contributed by atoms with van der Waals surface area (Å²) in [6.45, 7) is 6.03. The zero-order valence-corrected chi connectivity index (χ0v) is 13.8. The molecule has 19 heavy (non-hydrogen) atoms. The van der Waals surface area contributed by atoms with Gasteiger partial charge in [0.05, 0.1) is 6.61 Å². The van der Waals surface area contributed by atoms with Crippen LogP contribution in [0.5, 0.6) is 0 Å². The van der Waals surface area contributed by atoms with Gasteiger partial charge >= 0.3 is 0 Å². The van der Waals surface area contributed by atoms with Gasteiger partial charge in [-0.1, -0.05) is 0 Å². The zero-order valence-electron chi connectivity index (χ0n) is 11.4. The van der Waals surface area contributed by atoms with Gasteiger partial charge in [0, 0.05) is 31.6 Å². The van der Waals surface area contributed by atoms with Crippen molar-refractivity contribution in [2.75, 3.05) is 33.4 Å². The predicted octanol–water partition coefficient (Wildman–Crippen LogP) is 1.30. The molecule has 1 aromatic heterocycles. The number of sulfonamides is 1. The van der Waals surface area contributed by atoms with Crippen LogP contribution in [0.4, 0.5) is 0 Å². The Morgan fingerprint density at radius 2 is 1.95 bits per heavy atom. The Balaban J connectivity index is 0.00000324. The fourth-order valence-electron chi connectivity index (χ4n) is 1.53. The minimum Gasteiger partial charge on any atom is -0.383 e. The van der Waals surface area contributed by atoms with Crippen molar-refractivity contribution in [1.82, 2.24) is 10.0 Å². The van der Waals surface area contributed by atoms with Gasteiger partial charge < -0.3 is 10.1 Å². The molecule has 1 aromatic rings. The van der Waals surface area contributed by atoms with Gasteiger partial charge in [-0.25, -0.2) is 13.1 Å². The third-order valence-corrected chi connectivity index (χ3v) is 5.57. The molecular weight excluding hydrogens is 308 g/mol. The van der Waals surface area contributed by atoms with Crippen LogP contribution in [0.2, 0.25) is 0 Å². The summed E-state index contributed by atoms with van der Waals surface area (Å²) in [4.78, 5) is 1.01. The van der Waals surface area contributed by atoms with Crippen LogP contribution in [-0.2, 0) is 14.8 Å². The van der Waals surface area contributed by atoms with Crippen molar-refractivity contribution in [3.8, 4) is 0 Å². The molecule has 0 bridgehead atoms. The molecule has 2 N–H and O–H groups in total. The smallest absolute Gasteiger partial charge is 0.250 e. The third-order valence-electron chi connectivity index (χ3n) is 2.32. The quantitative estimate of drug-likeness (QED) is 0.706. The van der Waals surface area contributed by atoms with Crippen molar-refractivity contribution in [3.63, 3.8) is 0 Å². The lowest BCUT2D eigenvalue weighted by atomic mass is 10.4. The van der Waals surface area contributed by atoms with Gasteiger partial charge in [0.2, 0.25) is 10.0 Å². The van der Waals surface area contributed by atoms with Crippen molar-refractivity contribution in [2.24, 2.45) is 0 Å². The lowest BCUT2D eigenvalue weighted by Crippen LogP contribution is -2.33. The minimum atomic E-state index is -3.37. The average Bonchev–Trinajstić information content (AvgIpc) is 2.63. The Bertz CT molecular complexity index is 474. The molecule has 0 saturated heterocycles. The highest BCUT2D eigenvalue weighted by molar-refractivity contribution is 7.91. The summed E-state index contributed by atoms with van der Waals surface area (Å²) in [6.07, 6.45) is 0. The van der Waals surface area contributed by atoms with E-state index in [0.717, 1.165) is 17.0 Å². The van der Waals surface area contributed by atoms with Gasteiger partial charge in [0.1, 0.15) is 4.21 Å². The molecule has 0 aliphatic rings. The van der Waals surface area contributed by atoms with Crippen LogP contribution in [0.3, 0.4) is 0 Å². The SMILES string of the molecule is COCCNCCNS(=O)(=O)c1sc(C)cc1C.Cl. The number of ether oxygens (including phenoxy) is 1. The molecule has 0 saturated carbocycles. The van der Waals surface area contributed by atoms with E-state index in [1.54, 1.807) is 7.11 Å². The van der Waals surface area contributed by atoms with E-state index in [2.05, 4.69) is 10.0 Å². The maximum atomic E-state index is 12.0. The molecule has 0 atom stereocenters. The van der Waals surface area contributed by atoms with Crippen LogP contribution >= 0.6 is 23.7 Å². The molecule has 8 heteroatoms. The van der Waals surface area contributed by atoms with Gasteiger partial charge in [0.25, 0.3) is 0 Å². The van der Waals surface area contributed by atoms with Gasteiger partial charge in [-0.2, -0.15) is 0 Å². The number of methoxy groups -OCH3 is 1. The van der Waals surface area contributed by atoms with Crippen molar-refractivity contribution in [1.29, 1.82) is 0 Å². The highest BCUT2D eigenvalue weighted by Crippen LogP contribution is 2.25. The third kappa shape index (κ3) is 6.20. The summed E-state index contributed by atoms with van der Waals surface area (Å²) in [5, 5.41) is 3.08. The second-order valence-electron chi connectivity index (χ2n) is 3.97. The average molecular weight is 329 g/mol. The first kappa shape index (κ1) is 18.8. The Kier molecular flexibility index (Phi) is 8.80. The molecule has 0 amide bonds. The molecule has 0 unspecified atom stereocenters. The zero-order chi connectivity index (χ0) is 13.6. The van der Waals surface area contributed by atoms with Gasteiger partial charge in [0.15, 0.2) is 0 Å². The van der Waals surface area contributed by atoms with Crippen LogP contribution in [0.15, 0.2) is 10.3 Å². The Labute approximate surface area is 125 Å². The summed E-state index contributed by atoms with van der Waals surface area (Å²) in [5.74, 6) is 0. The van der Waals surface area contributed by atoms with Crippen LogP contribution in [-0.4, -0.2) is 41.8 Å². The molecule has 0 aliphatic heterocycles. The molecule has 0 aromatic carbocycles.